The lowest BCUT2D eigenvalue weighted by atomic mass is 9.91. The summed E-state index contributed by atoms with van der Waals surface area (Å²) < 4.78 is 5.63. The van der Waals surface area contributed by atoms with Crippen LogP contribution in [0.5, 0.6) is 0 Å². The first-order valence-corrected chi connectivity index (χ1v) is 8.02. The second-order valence-electron chi connectivity index (χ2n) is 6.20. The third-order valence-corrected chi connectivity index (χ3v) is 5.05. The number of hydrogen-bond donors (Lipinski definition) is 1. The first-order valence-electron chi connectivity index (χ1n) is 8.02. The number of likely N-dealkylation sites (tertiary alicyclic amines) is 1. The zero-order valence-electron chi connectivity index (χ0n) is 11.6. The fourth-order valence-electron chi connectivity index (χ4n) is 4.12. The number of nitrogens with one attached hydrogen (secondary N) is 1. The molecule has 3 heterocycles. The summed E-state index contributed by atoms with van der Waals surface area (Å²) in [5.74, 6) is 0. The van der Waals surface area contributed by atoms with Crippen molar-refractivity contribution in [2.45, 2.75) is 69.5 Å². The molecule has 104 valence electrons. The second kappa shape index (κ2) is 6.36. The van der Waals surface area contributed by atoms with Crippen LogP contribution in [0.2, 0.25) is 0 Å². The van der Waals surface area contributed by atoms with Crippen LogP contribution in [-0.4, -0.2) is 49.3 Å². The maximum Gasteiger partial charge on any atom is 0.0480 e. The first-order chi connectivity index (χ1) is 8.95. The minimum absolute atomic E-state index is 0.773. The van der Waals surface area contributed by atoms with Crippen LogP contribution >= 0.6 is 0 Å². The third kappa shape index (κ3) is 2.89. The quantitative estimate of drug-likeness (QED) is 0.815. The molecule has 3 aliphatic rings. The second-order valence-corrected chi connectivity index (χ2v) is 6.20. The third-order valence-electron chi connectivity index (χ3n) is 5.05. The van der Waals surface area contributed by atoms with Gasteiger partial charge in [0, 0.05) is 31.3 Å². The lowest BCUT2D eigenvalue weighted by Crippen LogP contribution is -2.54. The van der Waals surface area contributed by atoms with Gasteiger partial charge in [-0.05, 0) is 58.0 Å². The van der Waals surface area contributed by atoms with Crippen LogP contribution < -0.4 is 5.32 Å². The average Bonchev–Trinajstić information content (AvgIpc) is 2.81. The molecule has 0 aromatic carbocycles. The molecule has 0 spiro atoms. The minimum atomic E-state index is 0.773. The Kier molecular flexibility index (Phi) is 4.55. The Balaban J connectivity index is 1.65. The van der Waals surface area contributed by atoms with Crippen LogP contribution in [0.4, 0.5) is 0 Å². The molecule has 3 saturated heterocycles. The average molecular weight is 252 g/mol. The molecule has 0 saturated carbocycles. The van der Waals surface area contributed by atoms with E-state index in [0.29, 0.717) is 0 Å². The zero-order valence-corrected chi connectivity index (χ0v) is 11.6. The van der Waals surface area contributed by atoms with E-state index in [1.807, 2.05) is 0 Å². The molecule has 3 atom stereocenters. The summed E-state index contributed by atoms with van der Waals surface area (Å²) in [7, 11) is 0. The van der Waals surface area contributed by atoms with Crippen LogP contribution in [0.3, 0.4) is 0 Å². The van der Waals surface area contributed by atoms with Gasteiger partial charge in [0.05, 0.1) is 0 Å². The largest absolute Gasteiger partial charge is 0.381 e. The fourth-order valence-corrected chi connectivity index (χ4v) is 4.12. The molecule has 3 aliphatic heterocycles. The molecule has 3 nitrogen and oxygen atoms in total. The molecular weight excluding hydrogens is 224 g/mol. The van der Waals surface area contributed by atoms with Crippen molar-refractivity contribution in [3.63, 3.8) is 0 Å². The molecule has 0 aromatic heterocycles. The maximum atomic E-state index is 5.63. The summed E-state index contributed by atoms with van der Waals surface area (Å²) in [5.41, 5.74) is 0. The van der Waals surface area contributed by atoms with Crippen LogP contribution in [0.25, 0.3) is 0 Å². The Labute approximate surface area is 111 Å². The number of nitrogens with zero attached hydrogens (tertiary/aromatic N) is 1. The van der Waals surface area contributed by atoms with E-state index in [4.69, 9.17) is 4.74 Å². The lowest BCUT2D eigenvalue weighted by molar-refractivity contribution is 0.0602. The molecule has 1 N–H and O–H groups in total. The summed E-state index contributed by atoms with van der Waals surface area (Å²) in [6, 6.07) is 2.37. The van der Waals surface area contributed by atoms with E-state index in [1.54, 1.807) is 0 Å². The molecular formula is C15H28N2O. The molecule has 0 radical (unpaired) electrons. The smallest absolute Gasteiger partial charge is 0.0480 e. The van der Waals surface area contributed by atoms with Crippen molar-refractivity contribution in [2.24, 2.45) is 0 Å². The predicted octanol–water partition coefficient (Wildman–Crippen LogP) is 2.16. The van der Waals surface area contributed by atoms with E-state index in [0.717, 1.165) is 31.3 Å². The highest BCUT2D eigenvalue weighted by atomic mass is 16.5. The van der Waals surface area contributed by atoms with Gasteiger partial charge < -0.3 is 10.1 Å². The van der Waals surface area contributed by atoms with E-state index < -0.39 is 0 Å². The van der Waals surface area contributed by atoms with Gasteiger partial charge in [-0.15, -0.1) is 0 Å². The van der Waals surface area contributed by atoms with Crippen molar-refractivity contribution in [3.05, 3.63) is 0 Å². The molecule has 0 aliphatic carbocycles. The molecule has 0 bridgehead atoms. The molecule has 3 unspecified atom stereocenters. The van der Waals surface area contributed by atoms with E-state index in [-0.39, 0.29) is 0 Å². The van der Waals surface area contributed by atoms with Gasteiger partial charge in [-0.3, -0.25) is 4.90 Å². The van der Waals surface area contributed by atoms with Crippen LogP contribution in [-0.2, 0) is 4.74 Å². The molecule has 0 amide bonds. The Bertz CT molecular complexity index is 245. The van der Waals surface area contributed by atoms with Crippen LogP contribution in [0, 0.1) is 0 Å². The minimum Gasteiger partial charge on any atom is -0.381 e. The van der Waals surface area contributed by atoms with Crippen molar-refractivity contribution in [2.75, 3.05) is 26.3 Å². The van der Waals surface area contributed by atoms with Crippen molar-refractivity contribution in [1.82, 2.24) is 10.2 Å². The van der Waals surface area contributed by atoms with Gasteiger partial charge in [0.1, 0.15) is 0 Å². The Morgan fingerprint density at radius 3 is 2.78 bits per heavy atom. The van der Waals surface area contributed by atoms with Gasteiger partial charge in [-0.1, -0.05) is 6.42 Å². The predicted molar refractivity (Wildman–Crippen MR) is 73.8 cm³/mol. The van der Waals surface area contributed by atoms with Crippen molar-refractivity contribution < 1.29 is 4.74 Å². The molecule has 18 heavy (non-hydrogen) atoms. The number of rotatable bonds is 2. The summed E-state index contributed by atoms with van der Waals surface area (Å²) in [5, 5.41) is 3.74. The van der Waals surface area contributed by atoms with Gasteiger partial charge in [-0.25, -0.2) is 0 Å². The number of ether oxygens (including phenoxy) is 1. The number of hydrogen-bond acceptors (Lipinski definition) is 3. The zero-order chi connectivity index (χ0) is 12.2. The Morgan fingerprint density at radius 2 is 1.89 bits per heavy atom. The molecule has 3 rings (SSSR count). The van der Waals surface area contributed by atoms with Gasteiger partial charge in [0.25, 0.3) is 0 Å². The van der Waals surface area contributed by atoms with Gasteiger partial charge >= 0.3 is 0 Å². The monoisotopic (exact) mass is 252 g/mol. The Hall–Kier alpha value is -0.120. The highest BCUT2D eigenvalue weighted by Gasteiger charge is 2.35. The highest BCUT2D eigenvalue weighted by molar-refractivity contribution is 4.93. The fraction of sp³-hybridized carbons (Fsp3) is 1.00. The van der Waals surface area contributed by atoms with E-state index >= 15 is 0 Å². The van der Waals surface area contributed by atoms with Gasteiger partial charge in [0.15, 0.2) is 0 Å². The molecule has 3 fully saturated rings. The maximum absolute atomic E-state index is 5.63. The summed E-state index contributed by atoms with van der Waals surface area (Å²) in [6.45, 7) is 4.53. The normalized spacial score (nSPS) is 39.7. The summed E-state index contributed by atoms with van der Waals surface area (Å²) >= 11 is 0. The lowest BCUT2D eigenvalue weighted by Gasteiger charge is -2.43. The van der Waals surface area contributed by atoms with E-state index in [9.17, 15) is 0 Å². The summed E-state index contributed by atoms with van der Waals surface area (Å²) in [4.78, 5) is 2.85. The van der Waals surface area contributed by atoms with E-state index in [2.05, 4.69) is 10.2 Å². The topological polar surface area (TPSA) is 24.5 Å². The van der Waals surface area contributed by atoms with Gasteiger partial charge in [0.2, 0.25) is 0 Å². The van der Waals surface area contributed by atoms with Gasteiger partial charge in [-0.2, -0.15) is 0 Å². The highest BCUT2D eigenvalue weighted by Crippen LogP contribution is 2.29. The Morgan fingerprint density at radius 1 is 0.889 bits per heavy atom. The first kappa shape index (κ1) is 12.9. The number of piperidine rings is 1. The summed E-state index contributed by atoms with van der Waals surface area (Å²) in [6.07, 6.45) is 10.9. The van der Waals surface area contributed by atoms with Crippen molar-refractivity contribution in [1.29, 1.82) is 0 Å². The van der Waals surface area contributed by atoms with Crippen molar-refractivity contribution in [3.8, 4) is 0 Å². The van der Waals surface area contributed by atoms with E-state index in [1.165, 1.54) is 64.5 Å². The molecule has 0 aromatic rings. The SMILES string of the molecule is C1CNC(C2CCCCN2C2CCCOCC2)C1. The van der Waals surface area contributed by atoms with Crippen LogP contribution in [0.1, 0.15) is 51.4 Å². The standard InChI is InChI=1S/C15H28N2O/c1-2-10-17(13-5-4-11-18-12-8-13)15(7-1)14-6-3-9-16-14/h13-16H,1-12H2. The van der Waals surface area contributed by atoms with Crippen molar-refractivity contribution >= 4 is 0 Å². The molecule has 3 heteroatoms. The van der Waals surface area contributed by atoms with Crippen LogP contribution in [0.15, 0.2) is 0 Å².